The van der Waals surface area contributed by atoms with E-state index in [1.54, 1.807) is 35.1 Å². The average Bonchev–Trinajstić information content (AvgIpc) is 3.44. The Morgan fingerprint density at radius 2 is 2.00 bits per heavy atom. The Morgan fingerprint density at radius 3 is 2.76 bits per heavy atom. The molecule has 0 radical (unpaired) electrons. The number of β-amino-alcohol motifs (C(OH)–C–C–N with tert-alkyl or cyclic N) is 1. The van der Waals surface area contributed by atoms with E-state index in [1.165, 1.54) is 24.3 Å². The van der Waals surface area contributed by atoms with Crippen LogP contribution >= 0.6 is 11.6 Å². The van der Waals surface area contributed by atoms with Crippen molar-refractivity contribution in [2.75, 3.05) is 17.8 Å². The van der Waals surface area contributed by atoms with Crippen LogP contribution in [0.2, 0.25) is 5.15 Å². The van der Waals surface area contributed by atoms with Gasteiger partial charge in [0, 0.05) is 24.8 Å². The summed E-state index contributed by atoms with van der Waals surface area (Å²) >= 11 is 6.21. The Labute approximate surface area is 201 Å². The monoisotopic (exact) mass is 496 g/mol. The lowest BCUT2D eigenvalue weighted by molar-refractivity contribution is 0.171. The number of imidazole rings is 1. The van der Waals surface area contributed by atoms with E-state index < -0.39 is 22.9 Å². The van der Waals surface area contributed by atoms with Crippen molar-refractivity contribution in [1.82, 2.24) is 24.9 Å². The van der Waals surface area contributed by atoms with Crippen LogP contribution in [-0.4, -0.2) is 48.1 Å². The molecule has 11 heteroatoms. The predicted molar refractivity (Wildman–Crippen MR) is 127 cm³/mol. The quantitative estimate of drug-likeness (QED) is 0.296. The summed E-state index contributed by atoms with van der Waals surface area (Å²) in [7, 11) is -1.66. The summed E-state index contributed by atoms with van der Waals surface area (Å²) in [5, 5.41) is 17.8. The molecular formula is C23H18ClFN6O2S. The summed E-state index contributed by atoms with van der Waals surface area (Å²) in [6, 6.07) is 10.6. The number of nitrogens with one attached hydrogen (secondary N) is 2. The van der Waals surface area contributed by atoms with Gasteiger partial charge in [0.05, 0.1) is 34.5 Å². The second kappa shape index (κ2) is 9.48. The molecule has 3 unspecified atom stereocenters. The third-order valence-electron chi connectivity index (χ3n) is 5.30. The number of hydrogen-bond acceptors (Lipinski definition) is 6. The number of anilines is 1. The number of hydrogen-bond donors (Lipinski definition) is 3. The first-order valence-corrected chi connectivity index (χ1v) is 11.9. The highest BCUT2D eigenvalue weighted by molar-refractivity contribution is 7.86. The zero-order chi connectivity index (χ0) is 23.7. The van der Waals surface area contributed by atoms with Gasteiger partial charge in [-0.15, -0.1) is 0 Å². The zero-order valence-corrected chi connectivity index (χ0v) is 19.1. The number of aromatic nitrogens is 4. The van der Waals surface area contributed by atoms with Crippen LogP contribution in [0.1, 0.15) is 5.69 Å². The highest BCUT2D eigenvalue weighted by atomic mass is 35.5. The molecule has 4 heterocycles. The third-order valence-corrected chi connectivity index (χ3v) is 6.70. The molecule has 3 aromatic heterocycles. The molecule has 0 amide bonds. The van der Waals surface area contributed by atoms with Crippen LogP contribution in [0.25, 0.3) is 16.9 Å². The molecule has 4 aromatic rings. The topological polar surface area (TPSA) is 104 Å². The van der Waals surface area contributed by atoms with Gasteiger partial charge >= 0.3 is 0 Å². The molecule has 1 saturated heterocycles. The molecule has 1 aliphatic rings. The molecule has 172 valence electrons. The summed E-state index contributed by atoms with van der Waals surface area (Å²) in [5.41, 5.74) is 2.77. The number of pyridine rings is 1. The summed E-state index contributed by atoms with van der Waals surface area (Å²) in [6.45, 7) is 1.16. The molecule has 1 aromatic carbocycles. The predicted octanol–water partition coefficient (Wildman–Crippen LogP) is 2.65. The Bertz CT molecular complexity index is 1450. The van der Waals surface area contributed by atoms with Crippen LogP contribution in [0, 0.1) is 23.6 Å². The normalized spacial score (nSPS) is 18.4. The molecule has 34 heavy (non-hydrogen) atoms. The van der Waals surface area contributed by atoms with Crippen LogP contribution in [0.5, 0.6) is 0 Å². The van der Waals surface area contributed by atoms with E-state index in [2.05, 4.69) is 36.9 Å². The van der Waals surface area contributed by atoms with E-state index in [0.717, 1.165) is 0 Å². The number of aliphatic hydroxyl groups excluding tert-OH is 1. The van der Waals surface area contributed by atoms with Gasteiger partial charge in [-0.2, -0.15) is 5.10 Å². The van der Waals surface area contributed by atoms with E-state index in [1.807, 2.05) is 0 Å². The summed E-state index contributed by atoms with van der Waals surface area (Å²) in [6.07, 6.45) is 2.69. The second-order valence-electron chi connectivity index (χ2n) is 7.62. The van der Waals surface area contributed by atoms with Crippen molar-refractivity contribution in [3.8, 4) is 23.1 Å². The maximum Gasteiger partial charge on any atom is 0.154 e. The number of benzene rings is 1. The highest BCUT2D eigenvalue weighted by Gasteiger charge is 2.22. The van der Waals surface area contributed by atoms with Crippen molar-refractivity contribution in [3.63, 3.8) is 0 Å². The van der Waals surface area contributed by atoms with Crippen molar-refractivity contribution in [2.24, 2.45) is 5.92 Å². The summed E-state index contributed by atoms with van der Waals surface area (Å²) in [5.74, 6) is 5.58. The fourth-order valence-corrected chi connectivity index (χ4v) is 4.53. The van der Waals surface area contributed by atoms with Gasteiger partial charge in [-0.3, -0.25) is 4.72 Å². The van der Waals surface area contributed by atoms with Crippen LogP contribution in [0.15, 0.2) is 59.8 Å². The first-order chi connectivity index (χ1) is 16.5. The van der Waals surface area contributed by atoms with Crippen LogP contribution in [0.3, 0.4) is 0 Å². The van der Waals surface area contributed by atoms with Crippen molar-refractivity contribution in [1.29, 1.82) is 0 Å². The third kappa shape index (κ3) is 4.64. The number of rotatable bonds is 4. The van der Waals surface area contributed by atoms with E-state index in [0.29, 0.717) is 46.3 Å². The van der Waals surface area contributed by atoms with Gasteiger partial charge in [0.15, 0.2) is 10.8 Å². The maximum atomic E-state index is 13.2. The molecule has 0 spiro atoms. The second-order valence-corrected chi connectivity index (χ2v) is 9.19. The smallest absolute Gasteiger partial charge is 0.154 e. The van der Waals surface area contributed by atoms with E-state index in [9.17, 15) is 13.7 Å². The van der Waals surface area contributed by atoms with Gasteiger partial charge in [-0.1, -0.05) is 17.5 Å². The minimum absolute atomic E-state index is 0.137. The van der Waals surface area contributed by atoms with E-state index >= 15 is 0 Å². The van der Waals surface area contributed by atoms with Crippen LogP contribution in [-0.2, 0) is 11.0 Å². The largest absolute Gasteiger partial charge is 0.390 e. The lowest BCUT2D eigenvalue weighted by Gasteiger charge is -2.10. The summed E-state index contributed by atoms with van der Waals surface area (Å²) in [4.78, 5) is 8.91. The van der Waals surface area contributed by atoms with Crippen molar-refractivity contribution < 1.29 is 13.7 Å². The SMILES string of the molecule is O=S(Nc1cc(-c2ccc3ncc(C#CC4CNCC4O)n3n2)cnc1Cl)c1ccc(F)cc1. The number of fused-ring (bicyclic) bond motifs is 1. The van der Waals surface area contributed by atoms with E-state index in [4.69, 9.17) is 11.6 Å². The summed E-state index contributed by atoms with van der Waals surface area (Å²) < 4.78 is 30.2. The van der Waals surface area contributed by atoms with Gasteiger partial charge in [0.25, 0.3) is 0 Å². The van der Waals surface area contributed by atoms with E-state index in [-0.39, 0.29) is 11.1 Å². The van der Waals surface area contributed by atoms with Crippen molar-refractivity contribution in [2.45, 2.75) is 11.0 Å². The van der Waals surface area contributed by atoms with Gasteiger partial charge < -0.3 is 10.4 Å². The molecule has 5 rings (SSSR count). The lowest BCUT2D eigenvalue weighted by Crippen LogP contribution is -2.16. The minimum atomic E-state index is -1.66. The fourth-order valence-electron chi connectivity index (χ4n) is 3.47. The highest BCUT2D eigenvalue weighted by Crippen LogP contribution is 2.27. The van der Waals surface area contributed by atoms with Crippen LogP contribution < -0.4 is 10.0 Å². The fraction of sp³-hybridized carbons (Fsp3) is 0.174. The molecule has 0 saturated carbocycles. The lowest BCUT2D eigenvalue weighted by atomic mass is 10.1. The van der Waals surface area contributed by atoms with Gasteiger partial charge in [-0.05, 0) is 48.4 Å². The molecule has 3 atom stereocenters. The molecule has 0 aliphatic carbocycles. The Balaban J connectivity index is 1.44. The molecule has 0 bridgehead atoms. The van der Waals surface area contributed by atoms with Crippen molar-refractivity contribution >= 4 is 33.9 Å². The first-order valence-electron chi connectivity index (χ1n) is 10.3. The Morgan fingerprint density at radius 1 is 1.18 bits per heavy atom. The van der Waals surface area contributed by atoms with Gasteiger partial charge in [-0.25, -0.2) is 23.1 Å². The van der Waals surface area contributed by atoms with Crippen molar-refractivity contribution in [3.05, 3.63) is 71.5 Å². The molecular weight excluding hydrogens is 479 g/mol. The molecule has 8 nitrogen and oxygen atoms in total. The molecule has 3 N–H and O–H groups in total. The Kier molecular flexibility index (Phi) is 6.26. The van der Waals surface area contributed by atoms with Gasteiger partial charge in [0.2, 0.25) is 0 Å². The molecule has 1 aliphatic heterocycles. The van der Waals surface area contributed by atoms with Gasteiger partial charge in [0.1, 0.15) is 22.5 Å². The number of halogens is 2. The van der Waals surface area contributed by atoms with Crippen LogP contribution in [0.4, 0.5) is 10.1 Å². The number of aliphatic hydroxyl groups is 1. The zero-order valence-electron chi connectivity index (χ0n) is 17.6. The number of nitrogens with zero attached hydrogens (tertiary/aromatic N) is 4. The Hall–Kier alpha value is -3.36. The average molecular weight is 497 g/mol. The minimum Gasteiger partial charge on any atom is -0.390 e. The first kappa shape index (κ1) is 22.4. The standard InChI is InChI=1S/C23H18ClFN6O2S/c24-23-20(30-34(33)18-5-2-16(25)3-6-18)9-15(11-28-23)19-7-8-22-27-12-17(31(22)29-19)4-1-14-10-26-13-21(14)32/h2-3,5-9,11-12,14,21,26,30,32H,10,13H2. The maximum absolute atomic E-state index is 13.2. The molecule has 1 fully saturated rings.